The molecule has 32 heavy (non-hydrogen) atoms. The predicted molar refractivity (Wildman–Crippen MR) is 127 cm³/mol. The average Bonchev–Trinajstić information content (AvgIpc) is 3.03. The highest BCUT2D eigenvalue weighted by Gasteiger charge is 2.52. The van der Waals surface area contributed by atoms with E-state index in [1.165, 1.54) is 0 Å². The van der Waals surface area contributed by atoms with Crippen LogP contribution in [0.1, 0.15) is 35.2 Å². The van der Waals surface area contributed by atoms with E-state index >= 15 is 0 Å². The number of ketones is 1. The van der Waals surface area contributed by atoms with Gasteiger partial charge in [-0.05, 0) is 38.2 Å². The number of carbonyl (C=O) groups is 1. The molecule has 0 bridgehead atoms. The van der Waals surface area contributed by atoms with Crippen LogP contribution in [-0.4, -0.2) is 48.6 Å². The largest absolute Gasteiger partial charge is 0.547 e. The first-order chi connectivity index (χ1) is 15.2. The van der Waals surface area contributed by atoms with Crippen molar-refractivity contribution in [3.8, 4) is 17.2 Å². The highest BCUT2D eigenvalue weighted by atomic mass is 28.4. The lowest BCUT2D eigenvalue weighted by molar-refractivity contribution is 0.0477. The second-order valence-electron chi connectivity index (χ2n) is 9.42. The number of fused-ring (bicyclic) bond motifs is 4. The number of hydrogen-bond acceptors (Lipinski definition) is 6. The van der Waals surface area contributed by atoms with E-state index in [2.05, 4.69) is 19.6 Å². The fourth-order valence-corrected chi connectivity index (χ4v) is 6.35. The van der Waals surface area contributed by atoms with Crippen molar-refractivity contribution in [3.63, 3.8) is 0 Å². The van der Waals surface area contributed by atoms with Crippen LogP contribution in [0.25, 0.3) is 10.8 Å². The number of Topliss-reactive ketones (excluding diaryl/α,β-unsaturated/α-hetero) is 1. The fourth-order valence-electron chi connectivity index (χ4n) is 5.36. The number of ether oxygens (including phenoxy) is 4. The zero-order valence-corrected chi connectivity index (χ0v) is 21.1. The fraction of sp³-hybridized carbons (Fsp3) is 0.480. The highest BCUT2D eigenvalue weighted by molar-refractivity contribution is 6.70. The molecule has 7 heteroatoms. The number of rotatable bonds is 6. The van der Waals surface area contributed by atoms with Gasteiger partial charge in [0.1, 0.15) is 17.2 Å². The molecule has 0 spiro atoms. The number of allylic oxidation sites excluding steroid dienone is 1. The van der Waals surface area contributed by atoms with Crippen LogP contribution >= 0.6 is 0 Å². The number of carbonyl (C=O) groups excluding carboxylic acids is 1. The van der Waals surface area contributed by atoms with Crippen LogP contribution in [0, 0.1) is 5.92 Å². The highest BCUT2D eigenvalue weighted by Crippen LogP contribution is 2.58. The minimum atomic E-state index is -1.85. The molecule has 4 rings (SSSR count). The molecule has 0 aliphatic heterocycles. The molecule has 2 aliphatic rings. The van der Waals surface area contributed by atoms with E-state index in [0.717, 1.165) is 27.7 Å². The minimum Gasteiger partial charge on any atom is -0.547 e. The molecule has 2 aromatic carbocycles. The summed E-state index contributed by atoms with van der Waals surface area (Å²) in [5.74, 6) is 2.36. The Morgan fingerprint density at radius 1 is 0.969 bits per heavy atom. The maximum Gasteiger partial charge on any atom is 0.241 e. The van der Waals surface area contributed by atoms with Gasteiger partial charge in [-0.3, -0.25) is 4.79 Å². The summed E-state index contributed by atoms with van der Waals surface area (Å²) in [5, 5.41) is 1.61. The van der Waals surface area contributed by atoms with E-state index in [4.69, 9.17) is 23.4 Å². The number of benzene rings is 2. The Morgan fingerprint density at radius 3 is 2.22 bits per heavy atom. The molecule has 0 aromatic heterocycles. The molecule has 2 aromatic rings. The van der Waals surface area contributed by atoms with E-state index < -0.39 is 8.32 Å². The van der Waals surface area contributed by atoms with Gasteiger partial charge in [0.05, 0.1) is 50.1 Å². The summed E-state index contributed by atoms with van der Waals surface area (Å²) in [7, 11) is 4.67. The van der Waals surface area contributed by atoms with Gasteiger partial charge in [-0.25, -0.2) is 0 Å². The standard InChI is InChI=1S/C25H32O6Si/c1-13-17(31-32(6,7)8)12-15-19-21(22(26)20(15)23(13)28-3)25(30-5)18-14(24(19)29-4)10-9-11-16(18)27-2/h9-11,15,20,23H,12H2,1-8H3/t15-,20-,23-/m1/s1. The third kappa shape index (κ3) is 3.30. The summed E-state index contributed by atoms with van der Waals surface area (Å²) in [4.78, 5) is 13.9. The first kappa shape index (κ1) is 22.7. The van der Waals surface area contributed by atoms with Crippen molar-refractivity contribution in [1.29, 1.82) is 0 Å². The Kier molecular flexibility index (Phi) is 5.75. The van der Waals surface area contributed by atoms with Crippen molar-refractivity contribution in [2.75, 3.05) is 28.4 Å². The summed E-state index contributed by atoms with van der Waals surface area (Å²) < 4.78 is 29.8. The molecule has 0 saturated heterocycles. The Morgan fingerprint density at radius 2 is 1.66 bits per heavy atom. The van der Waals surface area contributed by atoms with E-state index in [1.807, 2.05) is 25.1 Å². The second kappa shape index (κ2) is 8.12. The van der Waals surface area contributed by atoms with Crippen LogP contribution < -0.4 is 14.2 Å². The number of hydrogen-bond donors (Lipinski definition) is 0. The predicted octanol–water partition coefficient (Wildman–Crippen LogP) is 5.31. The van der Waals surface area contributed by atoms with Crippen molar-refractivity contribution in [2.45, 2.75) is 45.0 Å². The molecule has 172 valence electrons. The quantitative estimate of drug-likeness (QED) is 0.549. The molecule has 0 unspecified atom stereocenters. The van der Waals surface area contributed by atoms with Crippen LogP contribution in [0.15, 0.2) is 29.5 Å². The molecular weight excluding hydrogens is 424 g/mol. The third-order valence-electron chi connectivity index (χ3n) is 6.50. The van der Waals surface area contributed by atoms with E-state index in [-0.39, 0.29) is 23.7 Å². The van der Waals surface area contributed by atoms with Gasteiger partial charge in [-0.15, -0.1) is 0 Å². The van der Waals surface area contributed by atoms with Gasteiger partial charge in [-0.1, -0.05) is 12.1 Å². The summed E-state index contributed by atoms with van der Waals surface area (Å²) >= 11 is 0. The first-order valence-corrected chi connectivity index (χ1v) is 14.3. The summed E-state index contributed by atoms with van der Waals surface area (Å²) in [6, 6.07) is 5.77. The molecule has 6 nitrogen and oxygen atoms in total. The van der Waals surface area contributed by atoms with E-state index in [9.17, 15) is 4.79 Å². The van der Waals surface area contributed by atoms with Crippen LogP contribution in [0.4, 0.5) is 0 Å². The van der Waals surface area contributed by atoms with Crippen LogP contribution in [0.2, 0.25) is 19.6 Å². The Labute approximate surface area is 190 Å². The second-order valence-corrected chi connectivity index (χ2v) is 13.8. The third-order valence-corrected chi connectivity index (χ3v) is 7.36. The molecular formula is C25H32O6Si. The first-order valence-electron chi connectivity index (χ1n) is 10.9. The lowest BCUT2D eigenvalue weighted by Crippen LogP contribution is -2.38. The SMILES string of the molecule is COc1c2c(c(OC)c3c(OC)cccc13)C(=O)[C@@H]1[C@H](OC)C(C)=C(O[Si](C)(C)C)C[C@H]21. The summed E-state index contributed by atoms with van der Waals surface area (Å²) in [6.07, 6.45) is 0.272. The Balaban J connectivity index is 2.02. The zero-order valence-electron chi connectivity index (χ0n) is 20.1. The normalized spacial score (nSPS) is 22.6. The van der Waals surface area contributed by atoms with Crippen LogP contribution in [-0.2, 0) is 9.16 Å². The van der Waals surface area contributed by atoms with Gasteiger partial charge in [0.15, 0.2) is 5.78 Å². The van der Waals surface area contributed by atoms with E-state index in [0.29, 0.717) is 29.2 Å². The lowest BCUT2D eigenvalue weighted by atomic mass is 9.76. The average molecular weight is 457 g/mol. The van der Waals surface area contributed by atoms with Crippen molar-refractivity contribution >= 4 is 24.9 Å². The zero-order chi connectivity index (χ0) is 23.4. The molecule has 0 saturated carbocycles. The van der Waals surface area contributed by atoms with Crippen LogP contribution in [0.3, 0.4) is 0 Å². The van der Waals surface area contributed by atoms with Gasteiger partial charge in [0, 0.05) is 30.4 Å². The molecule has 0 fully saturated rings. The van der Waals surface area contributed by atoms with Gasteiger partial charge in [0.25, 0.3) is 0 Å². The Hall–Kier alpha value is -2.51. The Bertz CT molecular complexity index is 1110. The van der Waals surface area contributed by atoms with Gasteiger partial charge < -0.3 is 23.4 Å². The van der Waals surface area contributed by atoms with Gasteiger partial charge >= 0.3 is 0 Å². The lowest BCUT2D eigenvalue weighted by Gasteiger charge is -2.37. The van der Waals surface area contributed by atoms with E-state index in [1.54, 1.807) is 28.4 Å². The molecule has 2 aliphatic carbocycles. The minimum absolute atomic E-state index is 0.0196. The molecule has 3 atom stereocenters. The summed E-state index contributed by atoms with van der Waals surface area (Å²) in [6.45, 7) is 8.51. The topological polar surface area (TPSA) is 63.2 Å². The van der Waals surface area contributed by atoms with Gasteiger partial charge in [-0.2, -0.15) is 0 Å². The smallest absolute Gasteiger partial charge is 0.241 e. The number of methoxy groups -OCH3 is 4. The van der Waals surface area contributed by atoms with Crippen molar-refractivity contribution in [1.82, 2.24) is 0 Å². The van der Waals surface area contributed by atoms with Gasteiger partial charge in [0.2, 0.25) is 8.32 Å². The van der Waals surface area contributed by atoms with Crippen molar-refractivity contribution < 1.29 is 28.2 Å². The molecule has 0 N–H and O–H groups in total. The van der Waals surface area contributed by atoms with Crippen molar-refractivity contribution in [3.05, 3.63) is 40.7 Å². The van der Waals surface area contributed by atoms with Crippen LogP contribution in [0.5, 0.6) is 17.2 Å². The maximum atomic E-state index is 13.9. The maximum absolute atomic E-state index is 13.9. The van der Waals surface area contributed by atoms with Crippen molar-refractivity contribution in [2.24, 2.45) is 5.92 Å². The molecule has 0 radical (unpaired) electrons. The molecule has 0 heterocycles. The molecule has 0 amide bonds. The summed E-state index contributed by atoms with van der Waals surface area (Å²) in [5.41, 5.74) is 2.45. The monoisotopic (exact) mass is 456 g/mol.